The highest BCUT2D eigenvalue weighted by atomic mass is 19.1. The van der Waals surface area contributed by atoms with Crippen LogP contribution in [0.15, 0.2) is 42.6 Å². The van der Waals surface area contributed by atoms with Crippen molar-refractivity contribution in [2.75, 3.05) is 13.7 Å². The molecular formula is C17H18FN3O. The number of pyridine rings is 1. The van der Waals surface area contributed by atoms with E-state index in [1.165, 1.54) is 6.07 Å². The summed E-state index contributed by atoms with van der Waals surface area (Å²) in [5, 5.41) is 0. The summed E-state index contributed by atoms with van der Waals surface area (Å²) < 4.78 is 20.6. The quantitative estimate of drug-likeness (QED) is 0.656. The van der Waals surface area contributed by atoms with Gasteiger partial charge in [-0.05, 0) is 36.2 Å². The zero-order valence-electron chi connectivity index (χ0n) is 12.5. The fraction of sp³-hybridized carbons (Fsp3) is 0.294. The lowest BCUT2D eigenvalue weighted by atomic mass is 10.1. The van der Waals surface area contributed by atoms with Crippen LogP contribution in [0.4, 0.5) is 4.39 Å². The number of methoxy groups -OCH3 is 1. The van der Waals surface area contributed by atoms with Gasteiger partial charge in [-0.2, -0.15) is 0 Å². The van der Waals surface area contributed by atoms with Crippen LogP contribution in [-0.4, -0.2) is 28.3 Å². The highest BCUT2D eigenvalue weighted by Crippen LogP contribution is 2.17. The van der Waals surface area contributed by atoms with Crippen LogP contribution in [0.3, 0.4) is 0 Å². The normalized spacial score (nSPS) is 11.2. The average molecular weight is 299 g/mol. The highest BCUT2D eigenvalue weighted by molar-refractivity contribution is 5.71. The molecular weight excluding hydrogens is 281 g/mol. The number of nitrogens with zero attached hydrogens (tertiary/aromatic N) is 3. The molecule has 2 aromatic heterocycles. The molecule has 0 fully saturated rings. The van der Waals surface area contributed by atoms with Crippen molar-refractivity contribution in [2.24, 2.45) is 0 Å². The minimum atomic E-state index is -0.224. The second kappa shape index (κ2) is 6.66. The van der Waals surface area contributed by atoms with Gasteiger partial charge in [-0.1, -0.05) is 12.1 Å². The van der Waals surface area contributed by atoms with Crippen LogP contribution in [-0.2, 0) is 17.7 Å². The first-order valence-corrected chi connectivity index (χ1v) is 7.31. The SMILES string of the molecule is COCCCn1c(Cc2cccc(F)c2)nc2cccnc21. The van der Waals surface area contributed by atoms with Crippen LogP contribution in [0.25, 0.3) is 11.2 Å². The van der Waals surface area contributed by atoms with E-state index in [1.807, 2.05) is 18.2 Å². The fourth-order valence-corrected chi connectivity index (χ4v) is 2.57. The van der Waals surface area contributed by atoms with Crippen molar-refractivity contribution in [1.29, 1.82) is 0 Å². The Morgan fingerprint density at radius 3 is 2.95 bits per heavy atom. The lowest BCUT2D eigenvalue weighted by Crippen LogP contribution is -2.07. The second-order valence-electron chi connectivity index (χ2n) is 5.18. The van der Waals surface area contributed by atoms with Crippen molar-refractivity contribution in [3.8, 4) is 0 Å². The van der Waals surface area contributed by atoms with Gasteiger partial charge in [0.15, 0.2) is 5.65 Å². The molecule has 3 aromatic rings. The van der Waals surface area contributed by atoms with E-state index in [-0.39, 0.29) is 5.82 Å². The summed E-state index contributed by atoms with van der Waals surface area (Å²) in [7, 11) is 1.69. The van der Waals surface area contributed by atoms with Gasteiger partial charge in [0.05, 0.1) is 0 Å². The molecule has 0 aliphatic heterocycles. The van der Waals surface area contributed by atoms with Crippen LogP contribution < -0.4 is 0 Å². The van der Waals surface area contributed by atoms with E-state index in [0.29, 0.717) is 13.0 Å². The zero-order valence-corrected chi connectivity index (χ0v) is 12.5. The molecule has 0 saturated carbocycles. The smallest absolute Gasteiger partial charge is 0.159 e. The maximum atomic E-state index is 13.4. The molecule has 0 aliphatic rings. The first-order chi connectivity index (χ1) is 10.8. The van der Waals surface area contributed by atoms with Crippen molar-refractivity contribution in [2.45, 2.75) is 19.4 Å². The van der Waals surface area contributed by atoms with E-state index < -0.39 is 0 Å². The summed E-state index contributed by atoms with van der Waals surface area (Å²) in [4.78, 5) is 9.08. The van der Waals surface area contributed by atoms with Gasteiger partial charge in [-0.25, -0.2) is 14.4 Å². The molecule has 0 aliphatic carbocycles. The minimum Gasteiger partial charge on any atom is -0.385 e. The van der Waals surface area contributed by atoms with Gasteiger partial charge in [-0.15, -0.1) is 0 Å². The van der Waals surface area contributed by atoms with E-state index in [2.05, 4.69) is 14.5 Å². The Labute approximate surface area is 128 Å². The van der Waals surface area contributed by atoms with E-state index >= 15 is 0 Å². The molecule has 0 radical (unpaired) electrons. The Morgan fingerprint density at radius 1 is 1.23 bits per heavy atom. The van der Waals surface area contributed by atoms with Crippen LogP contribution in [0.5, 0.6) is 0 Å². The standard InChI is InChI=1S/C17H18FN3O/c1-22-10-4-9-21-16(12-13-5-2-6-14(18)11-13)20-15-7-3-8-19-17(15)21/h2-3,5-8,11H,4,9-10,12H2,1H3. The van der Waals surface area contributed by atoms with Crippen molar-refractivity contribution in [3.05, 3.63) is 59.8 Å². The minimum absolute atomic E-state index is 0.224. The molecule has 0 atom stereocenters. The summed E-state index contributed by atoms with van der Waals surface area (Å²) in [5.41, 5.74) is 2.64. The summed E-state index contributed by atoms with van der Waals surface area (Å²) in [6, 6.07) is 10.5. The van der Waals surface area contributed by atoms with Gasteiger partial charge >= 0.3 is 0 Å². The molecule has 5 heteroatoms. The molecule has 3 rings (SSSR count). The number of aryl methyl sites for hydroxylation is 1. The van der Waals surface area contributed by atoms with Gasteiger partial charge in [0, 0.05) is 32.9 Å². The Bertz CT molecular complexity index is 769. The van der Waals surface area contributed by atoms with Gasteiger partial charge in [-0.3, -0.25) is 0 Å². The largest absolute Gasteiger partial charge is 0.385 e. The van der Waals surface area contributed by atoms with Crippen LogP contribution in [0, 0.1) is 5.82 Å². The maximum Gasteiger partial charge on any atom is 0.159 e. The Kier molecular flexibility index (Phi) is 4.44. The number of benzene rings is 1. The predicted octanol–water partition coefficient (Wildman–Crippen LogP) is 3.20. The van der Waals surface area contributed by atoms with Crippen molar-refractivity contribution in [1.82, 2.24) is 14.5 Å². The number of ether oxygens (including phenoxy) is 1. The fourth-order valence-electron chi connectivity index (χ4n) is 2.57. The summed E-state index contributed by atoms with van der Waals surface area (Å²) in [6.07, 6.45) is 3.23. The number of hydrogen-bond acceptors (Lipinski definition) is 3. The second-order valence-corrected chi connectivity index (χ2v) is 5.18. The van der Waals surface area contributed by atoms with Crippen LogP contribution >= 0.6 is 0 Å². The van der Waals surface area contributed by atoms with Crippen LogP contribution in [0.1, 0.15) is 17.8 Å². The number of aromatic nitrogens is 3. The predicted molar refractivity (Wildman–Crippen MR) is 83.2 cm³/mol. The topological polar surface area (TPSA) is 39.9 Å². The van der Waals surface area contributed by atoms with E-state index in [0.717, 1.165) is 35.5 Å². The van der Waals surface area contributed by atoms with Gasteiger partial charge in [0.25, 0.3) is 0 Å². The van der Waals surface area contributed by atoms with Crippen molar-refractivity contribution >= 4 is 11.2 Å². The number of halogens is 1. The third kappa shape index (κ3) is 3.14. The molecule has 0 bridgehead atoms. The molecule has 0 spiro atoms. The number of imidazole rings is 1. The molecule has 0 N–H and O–H groups in total. The third-order valence-corrected chi connectivity index (χ3v) is 3.56. The summed E-state index contributed by atoms with van der Waals surface area (Å²) in [6.45, 7) is 1.47. The molecule has 0 unspecified atom stereocenters. The van der Waals surface area contributed by atoms with E-state index in [4.69, 9.17) is 4.74 Å². The van der Waals surface area contributed by atoms with Gasteiger partial charge in [0.2, 0.25) is 0 Å². The molecule has 4 nitrogen and oxygen atoms in total. The molecule has 2 heterocycles. The highest BCUT2D eigenvalue weighted by Gasteiger charge is 2.12. The lowest BCUT2D eigenvalue weighted by Gasteiger charge is -2.08. The summed E-state index contributed by atoms with van der Waals surface area (Å²) in [5.74, 6) is 0.674. The van der Waals surface area contributed by atoms with Crippen molar-refractivity contribution in [3.63, 3.8) is 0 Å². The average Bonchev–Trinajstić information content (AvgIpc) is 2.85. The third-order valence-electron chi connectivity index (χ3n) is 3.56. The monoisotopic (exact) mass is 299 g/mol. The van der Waals surface area contributed by atoms with Gasteiger partial charge < -0.3 is 9.30 Å². The Balaban J connectivity index is 1.94. The molecule has 0 amide bonds. The van der Waals surface area contributed by atoms with Crippen LogP contribution in [0.2, 0.25) is 0 Å². The van der Waals surface area contributed by atoms with E-state index in [9.17, 15) is 4.39 Å². The molecule has 22 heavy (non-hydrogen) atoms. The zero-order chi connectivity index (χ0) is 15.4. The Hall–Kier alpha value is -2.27. The molecule has 1 aromatic carbocycles. The molecule has 114 valence electrons. The van der Waals surface area contributed by atoms with Gasteiger partial charge in [0.1, 0.15) is 17.2 Å². The summed E-state index contributed by atoms with van der Waals surface area (Å²) >= 11 is 0. The number of fused-ring (bicyclic) bond motifs is 1. The lowest BCUT2D eigenvalue weighted by molar-refractivity contribution is 0.190. The molecule has 0 saturated heterocycles. The first-order valence-electron chi connectivity index (χ1n) is 7.31. The first kappa shape index (κ1) is 14.7. The van der Waals surface area contributed by atoms with Crippen molar-refractivity contribution < 1.29 is 9.13 Å². The maximum absolute atomic E-state index is 13.4. The number of rotatable bonds is 6. The Morgan fingerprint density at radius 2 is 2.14 bits per heavy atom. The number of hydrogen-bond donors (Lipinski definition) is 0. The van der Waals surface area contributed by atoms with E-state index in [1.54, 1.807) is 25.4 Å².